The van der Waals surface area contributed by atoms with Gasteiger partial charge in [-0.2, -0.15) is 5.26 Å². The van der Waals surface area contributed by atoms with E-state index in [1.165, 1.54) is 0 Å². The van der Waals surface area contributed by atoms with Crippen molar-refractivity contribution in [3.8, 4) is 23.1 Å². The Morgan fingerprint density at radius 2 is 2.13 bits per heavy atom. The molecule has 0 radical (unpaired) electrons. The molecule has 2 aromatic carbocycles. The van der Waals surface area contributed by atoms with E-state index in [9.17, 15) is 10.1 Å². The number of carbonyl (C=O) groups is 1. The highest BCUT2D eigenvalue weighted by Gasteiger charge is 2.25. The normalized spacial score (nSPS) is 12.0. The van der Waals surface area contributed by atoms with Crippen LogP contribution in [0.25, 0.3) is 11.3 Å². The number of pyridine rings is 1. The molecule has 31 heavy (non-hydrogen) atoms. The Morgan fingerprint density at radius 1 is 1.29 bits per heavy atom. The first-order valence-corrected chi connectivity index (χ1v) is 10.1. The Hall–Kier alpha value is -4.05. The first-order chi connectivity index (χ1) is 15.0. The fourth-order valence-corrected chi connectivity index (χ4v) is 3.71. The fourth-order valence-electron chi connectivity index (χ4n) is 3.71. The minimum atomic E-state index is -0.198. The third-order valence-corrected chi connectivity index (χ3v) is 5.24. The number of carbonyl (C=O) groups excluding carboxylic acids is 1. The van der Waals surface area contributed by atoms with Gasteiger partial charge in [0.15, 0.2) is 0 Å². The zero-order valence-electron chi connectivity index (χ0n) is 17.7. The standard InChI is InChI=1S/C24H23N5O2/c1-4-26-24(30)18-8-9-22(28-23(18)17-7-5-6-16(11-17)13-25)29-14-27-19-10-15(2)21(31-3)12-20(19)29/h5-12,27H,4,14H2,1-3H3,(H,26,30). The summed E-state index contributed by atoms with van der Waals surface area (Å²) in [6, 6.07) is 16.9. The summed E-state index contributed by atoms with van der Waals surface area (Å²) in [4.78, 5) is 19.6. The summed E-state index contributed by atoms with van der Waals surface area (Å²) >= 11 is 0. The van der Waals surface area contributed by atoms with Crippen LogP contribution >= 0.6 is 0 Å². The van der Waals surface area contributed by atoms with Crippen molar-refractivity contribution >= 4 is 23.1 Å². The predicted molar refractivity (Wildman–Crippen MR) is 121 cm³/mol. The van der Waals surface area contributed by atoms with E-state index in [1.54, 1.807) is 31.4 Å². The average Bonchev–Trinajstić information content (AvgIpc) is 3.20. The molecule has 0 spiro atoms. The van der Waals surface area contributed by atoms with E-state index in [4.69, 9.17) is 9.72 Å². The SMILES string of the molecule is CCNC(=O)c1ccc(N2CNc3cc(C)c(OC)cc32)nc1-c1cccc(C#N)c1. The number of ether oxygens (including phenoxy) is 1. The maximum Gasteiger partial charge on any atom is 0.253 e. The smallest absolute Gasteiger partial charge is 0.253 e. The van der Waals surface area contributed by atoms with Gasteiger partial charge < -0.3 is 20.3 Å². The molecule has 7 heteroatoms. The molecule has 0 atom stereocenters. The number of benzene rings is 2. The van der Waals surface area contributed by atoms with Gasteiger partial charge in [0.25, 0.3) is 5.91 Å². The maximum absolute atomic E-state index is 12.7. The van der Waals surface area contributed by atoms with Crippen molar-refractivity contribution in [1.29, 1.82) is 5.26 Å². The second kappa shape index (κ2) is 8.36. The Bertz CT molecular complexity index is 1200. The largest absolute Gasteiger partial charge is 0.496 e. The van der Waals surface area contributed by atoms with Crippen LogP contribution in [0.1, 0.15) is 28.4 Å². The lowest BCUT2D eigenvalue weighted by atomic mass is 10.0. The zero-order valence-corrected chi connectivity index (χ0v) is 17.7. The van der Waals surface area contributed by atoms with E-state index in [2.05, 4.69) is 22.8 Å². The van der Waals surface area contributed by atoms with Crippen molar-refractivity contribution in [2.75, 3.05) is 30.5 Å². The highest BCUT2D eigenvalue weighted by Crippen LogP contribution is 2.41. The fraction of sp³-hybridized carbons (Fsp3) is 0.208. The Kier molecular flexibility index (Phi) is 5.46. The molecule has 0 saturated heterocycles. The Morgan fingerprint density at radius 3 is 2.87 bits per heavy atom. The van der Waals surface area contributed by atoms with Crippen molar-refractivity contribution in [2.24, 2.45) is 0 Å². The van der Waals surface area contributed by atoms with Gasteiger partial charge in [0.05, 0.1) is 48.0 Å². The molecule has 2 heterocycles. The number of nitriles is 1. The van der Waals surface area contributed by atoms with Gasteiger partial charge in [0, 0.05) is 18.2 Å². The second-order valence-corrected chi connectivity index (χ2v) is 7.22. The van der Waals surface area contributed by atoms with Crippen LogP contribution in [-0.2, 0) is 0 Å². The van der Waals surface area contributed by atoms with Crippen LogP contribution in [0.2, 0.25) is 0 Å². The molecule has 156 valence electrons. The zero-order chi connectivity index (χ0) is 22.0. The van der Waals surface area contributed by atoms with Gasteiger partial charge >= 0.3 is 0 Å². The van der Waals surface area contributed by atoms with Crippen molar-refractivity contribution in [3.63, 3.8) is 0 Å². The first-order valence-electron chi connectivity index (χ1n) is 10.1. The van der Waals surface area contributed by atoms with E-state index < -0.39 is 0 Å². The molecule has 7 nitrogen and oxygen atoms in total. The first kappa shape index (κ1) is 20.2. The molecule has 0 bridgehead atoms. The number of hydrogen-bond acceptors (Lipinski definition) is 6. The molecule has 1 aliphatic rings. The number of anilines is 3. The van der Waals surface area contributed by atoms with Crippen molar-refractivity contribution in [1.82, 2.24) is 10.3 Å². The van der Waals surface area contributed by atoms with Crippen LogP contribution in [0, 0.1) is 18.3 Å². The molecule has 0 fully saturated rings. The van der Waals surface area contributed by atoms with Gasteiger partial charge in [-0.05, 0) is 49.7 Å². The van der Waals surface area contributed by atoms with Crippen molar-refractivity contribution in [3.05, 3.63) is 65.2 Å². The van der Waals surface area contributed by atoms with Crippen LogP contribution in [0.4, 0.5) is 17.2 Å². The number of amides is 1. The third kappa shape index (κ3) is 3.76. The lowest BCUT2D eigenvalue weighted by molar-refractivity contribution is 0.0956. The van der Waals surface area contributed by atoms with Gasteiger partial charge in [-0.15, -0.1) is 0 Å². The molecule has 1 amide bonds. The molecular formula is C24H23N5O2. The van der Waals surface area contributed by atoms with Crippen LogP contribution in [0.3, 0.4) is 0 Å². The molecule has 1 aromatic heterocycles. The van der Waals surface area contributed by atoms with Gasteiger partial charge in [0.2, 0.25) is 0 Å². The topological polar surface area (TPSA) is 90.3 Å². The number of aromatic nitrogens is 1. The summed E-state index contributed by atoms with van der Waals surface area (Å²) in [7, 11) is 1.65. The van der Waals surface area contributed by atoms with Crippen LogP contribution in [0.15, 0.2) is 48.5 Å². The van der Waals surface area contributed by atoms with E-state index >= 15 is 0 Å². The summed E-state index contributed by atoms with van der Waals surface area (Å²) < 4.78 is 5.49. The van der Waals surface area contributed by atoms with E-state index in [0.29, 0.717) is 35.9 Å². The second-order valence-electron chi connectivity index (χ2n) is 7.22. The highest BCUT2D eigenvalue weighted by molar-refractivity contribution is 6.00. The summed E-state index contributed by atoms with van der Waals surface area (Å²) in [5, 5.41) is 15.5. The molecule has 0 saturated carbocycles. The van der Waals surface area contributed by atoms with Crippen LogP contribution in [-0.4, -0.2) is 31.2 Å². The number of rotatable bonds is 5. The number of aryl methyl sites for hydroxylation is 1. The molecule has 2 N–H and O–H groups in total. The Labute approximate surface area is 181 Å². The van der Waals surface area contributed by atoms with E-state index in [0.717, 1.165) is 28.3 Å². The van der Waals surface area contributed by atoms with Crippen LogP contribution < -0.4 is 20.3 Å². The monoisotopic (exact) mass is 413 g/mol. The summed E-state index contributed by atoms with van der Waals surface area (Å²) in [5.41, 5.74) is 5.24. The number of hydrogen-bond donors (Lipinski definition) is 2. The number of fused-ring (bicyclic) bond motifs is 1. The molecule has 0 unspecified atom stereocenters. The van der Waals surface area contributed by atoms with Gasteiger partial charge in [-0.1, -0.05) is 12.1 Å². The molecular weight excluding hydrogens is 390 g/mol. The van der Waals surface area contributed by atoms with Crippen molar-refractivity contribution in [2.45, 2.75) is 13.8 Å². The quantitative estimate of drug-likeness (QED) is 0.651. The summed E-state index contributed by atoms with van der Waals surface area (Å²) in [6.07, 6.45) is 0. The van der Waals surface area contributed by atoms with Gasteiger partial charge in [-0.3, -0.25) is 4.79 Å². The predicted octanol–water partition coefficient (Wildman–Crippen LogP) is 4.21. The lowest BCUT2D eigenvalue weighted by Crippen LogP contribution is -2.24. The third-order valence-electron chi connectivity index (χ3n) is 5.24. The summed E-state index contributed by atoms with van der Waals surface area (Å²) in [5.74, 6) is 1.30. The lowest BCUT2D eigenvalue weighted by Gasteiger charge is -2.20. The maximum atomic E-state index is 12.7. The number of methoxy groups -OCH3 is 1. The van der Waals surface area contributed by atoms with E-state index in [-0.39, 0.29) is 5.91 Å². The van der Waals surface area contributed by atoms with Gasteiger partial charge in [0.1, 0.15) is 11.6 Å². The van der Waals surface area contributed by atoms with Crippen LogP contribution in [0.5, 0.6) is 5.75 Å². The average molecular weight is 413 g/mol. The molecule has 0 aliphatic carbocycles. The Balaban J connectivity index is 1.83. The minimum absolute atomic E-state index is 0.198. The molecule has 1 aliphatic heterocycles. The van der Waals surface area contributed by atoms with Crippen molar-refractivity contribution < 1.29 is 9.53 Å². The van der Waals surface area contributed by atoms with Gasteiger partial charge in [-0.25, -0.2) is 4.98 Å². The number of nitrogens with zero attached hydrogens (tertiary/aromatic N) is 3. The molecule has 3 aromatic rings. The molecule has 4 rings (SSSR count). The van der Waals surface area contributed by atoms with E-state index in [1.807, 2.05) is 36.9 Å². The highest BCUT2D eigenvalue weighted by atomic mass is 16.5. The number of nitrogens with one attached hydrogen (secondary N) is 2. The minimum Gasteiger partial charge on any atom is -0.496 e. The summed E-state index contributed by atoms with van der Waals surface area (Å²) in [6.45, 7) is 4.94.